The third-order valence-electron chi connectivity index (χ3n) is 7.91. The van der Waals surface area contributed by atoms with E-state index in [2.05, 4.69) is 41.8 Å². The number of fused-ring (bicyclic) bond motifs is 5. The lowest BCUT2D eigenvalue weighted by Gasteiger charge is -2.32. The number of likely N-dealkylation sites (N-methyl/N-ethyl adjacent to an activating group) is 1. The van der Waals surface area contributed by atoms with Crippen LogP contribution in [0.3, 0.4) is 0 Å². The van der Waals surface area contributed by atoms with Gasteiger partial charge in [0.15, 0.2) is 0 Å². The van der Waals surface area contributed by atoms with Crippen LogP contribution in [0.5, 0.6) is 5.75 Å². The molecule has 0 bridgehead atoms. The van der Waals surface area contributed by atoms with Crippen LogP contribution in [0, 0.1) is 0 Å². The van der Waals surface area contributed by atoms with E-state index in [4.69, 9.17) is 21.4 Å². The van der Waals surface area contributed by atoms with E-state index < -0.39 is 0 Å². The van der Waals surface area contributed by atoms with E-state index in [0.29, 0.717) is 17.4 Å². The van der Waals surface area contributed by atoms with E-state index >= 15 is 0 Å². The number of rotatable bonds is 8. The minimum absolute atomic E-state index is 0.356. The molecule has 1 N–H and O–H groups in total. The maximum absolute atomic E-state index is 6.58. The van der Waals surface area contributed by atoms with Crippen molar-refractivity contribution in [1.29, 1.82) is 0 Å². The first-order valence-corrected chi connectivity index (χ1v) is 15.1. The molecule has 0 atom stereocenters. The fraction of sp³-hybridized carbons (Fsp3) is 0.333. The summed E-state index contributed by atoms with van der Waals surface area (Å²) in [5, 5.41) is 9.90. The van der Waals surface area contributed by atoms with Crippen molar-refractivity contribution >= 4 is 44.7 Å². The lowest BCUT2D eigenvalue weighted by molar-refractivity contribution is 0.148. The maximum Gasteiger partial charge on any atom is 0.142 e. The highest BCUT2D eigenvalue weighted by molar-refractivity contribution is 7.22. The van der Waals surface area contributed by atoms with Crippen molar-refractivity contribution in [3.05, 3.63) is 77.1 Å². The lowest BCUT2D eigenvalue weighted by atomic mass is 9.95. The van der Waals surface area contributed by atoms with E-state index in [9.17, 15) is 0 Å². The van der Waals surface area contributed by atoms with Crippen LogP contribution >= 0.6 is 22.9 Å². The summed E-state index contributed by atoms with van der Waals surface area (Å²) in [5.41, 5.74) is 5.54. The minimum atomic E-state index is 0.356. The largest absolute Gasteiger partial charge is 0.486 e. The van der Waals surface area contributed by atoms with Gasteiger partial charge in [-0.3, -0.25) is 14.6 Å². The average Bonchev–Trinajstić information content (AvgIpc) is 3.59. The predicted molar refractivity (Wildman–Crippen MR) is 163 cm³/mol. The number of ether oxygens (including phenoxy) is 1. The number of nitrogens with one attached hydrogen (secondary N) is 1. The van der Waals surface area contributed by atoms with Gasteiger partial charge in [0, 0.05) is 60.7 Å². The second-order valence-electron chi connectivity index (χ2n) is 10.6. The molecule has 0 radical (unpaired) electrons. The van der Waals surface area contributed by atoms with Crippen LogP contribution in [0.25, 0.3) is 20.7 Å². The fourth-order valence-corrected chi connectivity index (χ4v) is 7.07. The third-order valence-corrected chi connectivity index (χ3v) is 9.38. The summed E-state index contributed by atoms with van der Waals surface area (Å²) in [6, 6.07) is 11.4. The van der Waals surface area contributed by atoms with Gasteiger partial charge in [-0.15, -0.1) is 11.3 Å². The molecule has 11 heteroatoms. The summed E-state index contributed by atoms with van der Waals surface area (Å²) < 4.78 is 8.11. The quantitative estimate of drug-likeness (QED) is 0.263. The van der Waals surface area contributed by atoms with Gasteiger partial charge < -0.3 is 15.0 Å². The molecule has 7 rings (SSSR count). The number of hydrogen-bond donors (Lipinski definition) is 1. The van der Waals surface area contributed by atoms with Crippen LogP contribution in [0.15, 0.2) is 55.1 Å². The van der Waals surface area contributed by atoms with Gasteiger partial charge in [0.25, 0.3) is 0 Å². The van der Waals surface area contributed by atoms with Crippen molar-refractivity contribution in [2.24, 2.45) is 0 Å². The Morgan fingerprint density at radius 1 is 1.02 bits per heavy atom. The van der Waals surface area contributed by atoms with Crippen LogP contribution in [-0.2, 0) is 26.0 Å². The van der Waals surface area contributed by atoms with Crippen molar-refractivity contribution < 1.29 is 4.74 Å². The van der Waals surface area contributed by atoms with Crippen molar-refractivity contribution in [3.8, 4) is 16.2 Å². The number of anilines is 2. The van der Waals surface area contributed by atoms with Gasteiger partial charge in [-0.25, -0.2) is 9.97 Å². The van der Waals surface area contributed by atoms with Gasteiger partial charge in [-0.05, 0) is 55.8 Å². The van der Waals surface area contributed by atoms with E-state index in [0.717, 1.165) is 79.5 Å². The van der Waals surface area contributed by atoms with Gasteiger partial charge in [0.05, 0.1) is 28.8 Å². The van der Waals surface area contributed by atoms with Gasteiger partial charge in [-0.2, -0.15) is 5.10 Å². The summed E-state index contributed by atoms with van der Waals surface area (Å²) >= 11 is 8.31. The Labute approximate surface area is 247 Å². The number of nitrogens with zero attached hydrogens (tertiary/aromatic N) is 7. The predicted octanol–water partition coefficient (Wildman–Crippen LogP) is 5.27. The highest BCUT2D eigenvalue weighted by Crippen LogP contribution is 2.45. The molecule has 2 aliphatic rings. The molecule has 9 nitrogen and oxygen atoms in total. The zero-order valence-corrected chi connectivity index (χ0v) is 24.5. The van der Waals surface area contributed by atoms with Gasteiger partial charge in [0.2, 0.25) is 0 Å². The number of aryl methyl sites for hydroxylation is 1. The number of hydrogen-bond acceptors (Lipinski definition) is 9. The molecule has 1 aromatic carbocycles. The second-order valence-corrected chi connectivity index (χ2v) is 12.0. The summed E-state index contributed by atoms with van der Waals surface area (Å²) in [5.74, 6) is 1.40. The van der Waals surface area contributed by atoms with Crippen LogP contribution in [0.2, 0.25) is 5.02 Å². The molecule has 1 aliphatic heterocycles. The number of aromatic nitrogens is 5. The first-order chi connectivity index (χ1) is 20.1. The molecular weight excluding hydrogens is 556 g/mol. The van der Waals surface area contributed by atoms with Crippen molar-refractivity contribution in [1.82, 2.24) is 34.5 Å². The zero-order valence-electron chi connectivity index (χ0n) is 22.9. The summed E-state index contributed by atoms with van der Waals surface area (Å²) in [7, 11) is 2.20. The Morgan fingerprint density at radius 2 is 1.93 bits per heavy atom. The topological polar surface area (TPSA) is 84.2 Å². The van der Waals surface area contributed by atoms with Crippen LogP contribution in [0.1, 0.15) is 17.0 Å². The number of benzene rings is 1. The Balaban J connectivity index is 1.10. The monoisotopic (exact) mass is 586 g/mol. The summed E-state index contributed by atoms with van der Waals surface area (Å²) in [6.07, 6.45) is 7.31. The lowest BCUT2D eigenvalue weighted by Crippen LogP contribution is -2.45. The Kier molecular flexibility index (Phi) is 7.30. The fourth-order valence-electron chi connectivity index (χ4n) is 5.62. The molecule has 0 spiro atoms. The van der Waals surface area contributed by atoms with E-state index in [-0.39, 0.29) is 0 Å². The van der Waals surface area contributed by atoms with Crippen molar-refractivity contribution in [3.63, 3.8) is 0 Å². The normalized spacial score (nSPS) is 15.6. The molecular formula is C30H31ClN8OS. The third kappa shape index (κ3) is 5.40. The molecule has 0 saturated carbocycles. The molecule has 41 heavy (non-hydrogen) atoms. The molecule has 4 aromatic heterocycles. The molecule has 0 unspecified atom stereocenters. The van der Waals surface area contributed by atoms with Gasteiger partial charge in [-0.1, -0.05) is 17.7 Å². The molecule has 210 valence electrons. The second kappa shape index (κ2) is 11.4. The highest BCUT2D eigenvalue weighted by Gasteiger charge is 2.27. The minimum Gasteiger partial charge on any atom is -0.486 e. The zero-order chi connectivity index (χ0) is 27.8. The first-order valence-electron chi connectivity index (χ1n) is 13.9. The number of piperazine rings is 1. The van der Waals surface area contributed by atoms with Crippen molar-refractivity contribution in [2.75, 3.05) is 45.1 Å². The van der Waals surface area contributed by atoms with E-state index in [1.54, 1.807) is 23.9 Å². The summed E-state index contributed by atoms with van der Waals surface area (Å²) in [4.78, 5) is 20.7. The van der Waals surface area contributed by atoms with Gasteiger partial charge >= 0.3 is 0 Å². The number of halogens is 1. The standard InChI is InChI=1S/C30H31ClN8OS/c1-37-10-12-38(13-11-37)14-15-39-25-7-6-22-27-29(33-19-34-30(27)41-28(22)23(25)17-35-39)36-20-5-8-26(24(31)16-20)40-18-21-4-2-3-9-32-21/h2-5,8-9,16-17,19H,6-7,10-15,18H2,1H3,(H,33,34,36). The van der Waals surface area contributed by atoms with Crippen LogP contribution < -0.4 is 10.1 Å². The SMILES string of the molecule is CN1CCN(CCn2ncc3c2CCc2c-3sc3ncnc(Nc4ccc(OCc5ccccn5)c(Cl)c4)c23)CC1. The van der Waals surface area contributed by atoms with E-state index in [1.165, 1.54) is 21.7 Å². The average molecular weight is 587 g/mol. The number of pyridine rings is 1. The van der Waals surface area contributed by atoms with Crippen LogP contribution in [0.4, 0.5) is 11.5 Å². The molecule has 1 aliphatic carbocycles. The van der Waals surface area contributed by atoms with Gasteiger partial charge in [0.1, 0.15) is 29.3 Å². The first kappa shape index (κ1) is 26.3. The van der Waals surface area contributed by atoms with E-state index in [1.807, 2.05) is 42.6 Å². The smallest absolute Gasteiger partial charge is 0.142 e. The molecule has 1 saturated heterocycles. The molecule has 0 amide bonds. The molecule has 5 aromatic rings. The van der Waals surface area contributed by atoms with Crippen molar-refractivity contribution in [2.45, 2.75) is 26.0 Å². The Morgan fingerprint density at radius 3 is 2.76 bits per heavy atom. The Hall–Kier alpha value is -3.57. The Bertz CT molecular complexity index is 1680. The molecule has 1 fully saturated rings. The highest BCUT2D eigenvalue weighted by atomic mass is 35.5. The number of thiophene rings is 1. The maximum atomic E-state index is 6.58. The van der Waals surface area contributed by atoms with Crippen LogP contribution in [-0.4, -0.2) is 74.3 Å². The molecule has 5 heterocycles. The summed E-state index contributed by atoms with van der Waals surface area (Å²) in [6.45, 7) is 6.84.